The van der Waals surface area contributed by atoms with Crippen molar-refractivity contribution in [1.82, 2.24) is 0 Å². The average molecular weight is 487 g/mol. The van der Waals surface area contributed by atoms with Gasteiger partial charge in [-0.15, -0.1) is 0 Å². The highest BCUT2D eigenvalue weighted by Crippen LogP contribution is 2.67. The molecule has 4 aliphatic rings. The summed E-state index contributed by atoms with van der Waals surface area (Å²) < 4.78 is 10.5. The van der Waals surface area contributed by atoms with E-state index in [1.807, 2.05) is 19.9 Å². The molecule has 0 radical (unpaired) electrons. The molecule has 190 valence electrons. The van der Waals surface area contributed by atoms with Crippen LogP contribution in [0.3, 0.4) is 0 Å². The van der Waals surface area contributed by atoms with Crippen molar-refractivity contribution in [2.24, 2.45) is 28.6 Å². The number of rotatable bonds is 6. The Labute approximate surface area is 205 Å². The van der Waals surface area contributed by atoms with Crippen LogP contribution in [0.4, 0.5) is 4.79 Å². The van der Waals surface area contributed by atoms with Crippen LogP contribution in [0, 0.1) is 28.6 Å². The zero-order valence-corrected chi connectivity index (χ0v) is 20.6. The number of esters is 1. The van der Waals surface area contributed by atoms with E-state index in [4.69, 9.17) is 9.47 Å². The van der Waals surface area contributed by atoms with Gasteiger partial charge in [-0.25, -0.2) is 4.79 Å². The number of ketones is 3. The molecule has 0 aromatic heterocycles. The summed E-state index contributed by atoms with van der Waals surface area (Å²) in [6.07, 6.45) is 7.13. The number of aliphatic hydroxyl groups excluding tert-OH is 1. The maximum Gasteiger partial charge on any atom is 0.517 e. The summed E-state index contributed by atoms with van der Waals surface area (Å²) in [5.41, 5.74) is -2.39. The summed E-state index contributed by atoms with van der Waals surface area (Å²) in [5, 5.41) is 9.81. The molecule has 0 aromatic carbocycles. The molecule has 35 heavy (non-hydrogen) atoms. The second-order valence-corrected chi connectivity index (χ2v) is 10.9. The first-order chi connectivity index (χ1) is 16.5. The maximum absolute atomic E-state index is 13.8. The van der Waals surface area contributed by atoms with Crippen LogP contribution < -0.4 is 0 Å². The molecular weight excluding hydrogens is 452 g/mol. The number of hydrogen-bond donors (Lipinski definition) is 1. The fraction of sp³-hybridized carbons (Fsp3) is 0.667. The van der Waals surface area contributed by atoms with Gasteiger partial charge in [0.1, 0.15) is 12.4 Å². The van der Waals surface area contributed by atoms with Gasteiger partial charge in [-0.1, -0.05) is 38.8 Å². The lowest BCUT2D eigenvalue weighted by atomic mass is 9.46. The summed E-state index contributed by atoms with van der Waals surface area (Å²) in [6, 6.07) is 0. The van der Waals surface area contributed by atoms with Crippen molar-refractivity contribution < 1.29 is 38.6 Å². The molecule has 4 rings (SSSR count). The van der Waals surface area contributed by atoms with Crippen LogP contribution in [0.2, 0.25) is 0 Å². The summed E-state index contributed by atoms with van der Waals surface area (Å²) in [5.74, 6) is -2.06. The number of unbranched alkanes of at least 4 members (excludes halogenated alkanes) is 1. The van der Waals surface area contributed by atoms with Crippen LogP contribution in [0.5, 0.6) is 0 Å². The minimum absolute atomic E-state index is 0.00765. The standard InChI is InChI=1S/C27H34O8/c1-4-5-6-22(32)34-24(33)35-27(21(31)15-28)12-10-19-18-8-7-16-13-17(29)9-11-25(16,2)23(18)20(30)14-26(19,27)3/h9,11,13,18-19,23,28H,4-8,10,12,14-15H2,1-3H3/t18-,19-,23+,25-,26-,27-/m0/s1. The van der Waals surface area contributed by atoms with Crippen molar-refractivity contribution in [3.8, 4) is 0 Å². The monoisotopic (exact) mass is 486 g/mol. The minimum atomic E-state index is -1.75. The molecule has 0 heterocycles. The van der Waals surface area contributed by atoms with Crippen molar-refractivity contribution in [3.63, 3.8) is 0 Å². The van der Waals surface area contributed by atoms with Gasteiger partial charge in [0, 0.05) is 29.6 Å². The number of allylic oxidation sites excluding steroid dienone is 4. The van der Waals surface area contributed by atoms with Crippen LogP contribution >= 0.6 is 0 Å². The van der Waals surface area contributed by atoms with Gasteiger partial charge in [0.25, 0.3) is 0 Å². The van der Waals surface area contributed by atoms with Gasteiger partial charge in [-0.2, -0.15) is 0 Å². The minimum Gasteiger partial charge on any atom is -0.419 e. The van der Waals surface area contributed by atoms with E-state index in [1.54, 1.807) is 13.0 Å². The van der Waals surface area contributed by atoms with E-state index >= 15 is 0 Å². The van der Waals surface area contributed by atoms with Crippen LogP contribution in [0.1, 0.15) is 72.1 Å². The highest BCUT2D eigenvalue weighted by molar-refractivity contribution is 6.02. The van der Waals surface area contributed by atoms with E-state index in [-0.39, 0.29) is 48.6 Å². The van der Waals surface area contributed by atoms with E-state index < -0.39 is 40.9 Å². The second kappa shape index (κ2) is 9.12. The lowest BCUT2D eigenvalue weighted by Gasteiger charge is -2.57. The predicted octanol–water partition coefficient (Wildman–Crippen LogP) is 3.64. The molecule has 0 aromatic rings. The summed E-state index contributed by atoms with van der Waals surface area (Å²) in [4.78, 5) is 63.5. The van der Waals surface area contributed by atoms with E-state index in [1.165, 1.54) is 6.08 Å². The van der Waals surface area contributed by atoms with Crippen molar-refractivity contribution in [2.45, 2.75) is 77.7 Å². The molecular formula is C27H34O8. The summed E-state index contributed by atoms with van der Waals surface area (Å²) in [7, 11) is 0. The SMILES string of the molecule is CCCCC(=O)OC(=O)O[C@]1(C(=O)CO)CC[C@H]2[C@@H]3CCC4=CC(=O)C=C[C@]4(C)[C@H]3C(=O)C[C@@]21C. The Hall–Kier alpha value is -2.61. The first-order valence-electron chi connectivity index (χ1n) is 12.6. The summed E-state index contributed by atoms with van der Waals surface area (Å²) in [6.45, 7) is 4.83. The van der Waals surface area contributed by atoms with Gasteiger partial charge in [0.15, 0.2) is 11.4 Å². The third-order valence-corrected chi connectivity index (χ3v) is 9.16. The zero-order valence-electron chi connectivity index (χ0n) is 20.6. The Balaban J connectivity index is 1.65. The molecule has 8 heteroatoms. The molecule has 0 bridgehead atoms. The maximum atomic E-state index is 13.8. The molecule has 3 saturated carbocycles. The molecule has 1 N–H and O–H groups in total. The van der Waals surface area contributed by atoms with Crippen molar-refractivity contribution in [2.75, 3.05) is 6.61 Å². The third-order valence-electron chi connectivity index (χ3n) is 9.16. The lowest BCUT2D eigenvalue weighted by molar-refractivity contribution is -0.175. The van der Waals surface area contributed by atoms with Gasteiger partial charge in [0.05, 0.1) is 0 Å². The van der Waals surface area contributed by atoms with E-state index in [9.17, 15) is 29.1 Å². The smallest absolute Gasteiger partial charge is 0.419 e. The molecule has 0 saturated heterocycles. The normalized spacial score (nSPS) is 37.6. The topological polar surface area (TPSA) is 124 Å². The molecule has 6 atom stereocenters. The Morgan fingerprint density at radius 2 is 1.91 bits per heavy atom. The number of fused-ring (bicyclic) bond motifs is 5. The quantitative estimate of drug-likeness (QED) is 0.446. The molecule has 3 fully saturated rings. The Bertz CT molecular complexity index is 1020. The predicted molar refractivity (Wildman–Crippen MR) is 124 cm³/mol. The first kappa shape index (κ1) is 25.5. The van der Waals surface area contributed by atoms with Gasteiger partial charge in [-0.05, 0) is 56.1 Å². The molecule has 0 spiro atoms. The van der Waals surface area contributed by atoms with E-state index in [0.717, 1.165) is 12.0 Å². The van der Waals surface area contributed by atoms with Crippen LogP contribution in [0.15, 0.2) is 23.8 Å². The second-order valence-electron chi connectivity index (χ2n) is 10.9. The Kier molecular flexibility index (Phi) is 6.64. The lowest BCUT2D eigenvalue weighted by Crippen LogP contribution is -2.62. The van der Waals surface area contributed by atoms with Crippen molar-refractivity contribution >= 4 is 29.5 Å². The van der Waals surface area contributed by atoms with Gasteiger partial charge < -0.3 is 14.6 Å². The third kappa shape index (κ3) is 3.90. The highest BCUT2D eigenvalue weighted by atomic mass is 16.8. The van der Waals surface area contributed by atoms with Gasteiger partial charge in [0.2, 0.25) is 5.78 Å². The van der Waals surface area contributed by atoms with Crippen LogP contribution in [0.25, 0.3) is 0 Å². The van der Waals surface area contributed by atoms with Crippen molar-refractivity contribution in [3.05, 3.63) is 23.8 Å². The van der Waals surface area contributed by atoms with Crippen LogP contribution in [-0.2, 0) is 28.7 Å². The van der Waals surface area contributed by atoms with E-state index in [2.05, 4.69) is 0 Å². The Morgan fingerprint density at radius 1 is 1.17 bits per heavy atom. The van der Waals surface area contributed by atoms with Gasteiger partial charge >= 0.3 is 12.1 Å². The highest BCUT2D eigenvalue weighted by Gasteiger charge is 2.70. The zero-order chi connectivity index (χ0) is 25.6. The average Bonchev–Trinajstić information content (AvgIpc) is 3.09. The van der Waals surface area contributed by atoms with E-state index in [0.29, 0.717) is 25.7 Å². The number of hydrogen-bond acceptors (Lipinski definition) is 8. The molecule has 4 aliphatic carbocycles. The molecule has 0 amide bonds. The summed E-state index contributed by atoms with van der Waals surface area (Å²) >= 11 is 0. The number of carbonyl (C=O) groups is 5. The molecule has 8 nitrogen and oxygen atoms in total. The number of ether oxygens (including phenoxy) is 2. The number of Topliss-reactive ketones (excluding diaryl/α,β-unsaturated/α-hetero) is 2. The van der Waals surface area contributed by atoms with Crippen LogP contribution in [-0.4, -0.2) is 46.8 Å². The number of aliphatic hydroxyl groups is 1. The number of carbonyl (C=O) groups excluding carboxylic acids is 5. The molecule has 0 unspecified atom stereocenters. The van der Waals surface area contributed by atoms with Crippen molar-refractivity contribution in [1.29, 1.82) is 0 Å². The molecule has 0 aliphatic heterocycles. The fourth-order valence-electron chi connectivity index (χ4n) is 7.46. The first-order valence-corrected chi connectivity index (χ1v) is 12.6. The Morgan fingerprint density at radius 3 is 2.60 bits per heavy atom. The fourth-order valence-corrected chi connectivity index (χ4v) is 7.46. The largest absolute Gasteiger partial charge is 0.517 e. The van der Waals surface area contributed by atoms with Gasteiger partial charge in [-0.3, -0.25) is 19.2 Å².